The topological polar surface area (TPSA) is 122 Å². The lowest BCUT2D eigenvalue weighted by molar-refractivity contribution is -0.142. The van der Waals surface area contributed by atoms with Gasteiger partial charge in [-0.2, -0.15) is 0 Å². The third-order valence-corrected chi connectivity index (χ3v) is 3.22. The summed E-state index contributed by atoms with van der Waals surface area (Å²) in [6, 6.07) is 4.82. The van der Waals surface area contributed by atoms with E-state index >= 15 is 0 Å². The van der Waals surface area contributed by atoms with Gasteiger partial charge in [0.15, 0.2) is 0 Å². The van der Waals surface area contributed by atoms with Crippen LogP contribution in [0.2, 0.25) is 0 Å². The highest BCUT2D eigenvalue weighted by molar-refractivity contribution is 6.07. The average molecular weight is 336 g/mol. The molecular weight excluding hydrogens is 316 g/mol. The van der Waals surface area contributed by atoms with Crippen molar-refractivity contribution in [3.8, 4) is 0 Å². The molecule has 0 spiro atoms. The fourth-order valence-corrected chi connectivity index (χ4v) is 1.99. The molecule has 0 heterocycles. The summed E-state index contributed by atoms with van der Waals surface area (Å²) in [5.74, 6) is -2.97. The number of hydrogen-bond acceptors (Lipinski definition) is 5. The molecule has 0 radical (unpaired) electrons. The minimum absolute atomic E-state index is 0.0627. The number of methoxy groups -OCH3 is 1. The Hall–Kier alpha value is -2.90. The minimum Gasteiger partial charge on any atom is -0.480 e. The smallest absolute Gasteiger partial charge is 0.326 e. The molecule has 2 amide bonds. The van der Waals surface area contributed by atoms with Crippen LogP contribution in [-0.2, 0) is 14.3 Å². The van der Waals surface area contributed by atoms with E-state index in [-0.39, 0.29) is 24.0 Å². The monoisotopic (exact) mass is 336 g/mol. The largest absolute Gasteiger partial charge is 0.480 e. The number of nitrogens with one attached hydrogen (secondary N) is 2. The molecule has 8 nitrogen and oxygen atoms in total. The van der Waals surface area contributed by atoms with E-state index in [1.165, 1.54) is 19.2 Å². The predicted octanol–water partition coefficient (Wildman–Crippen LogP) is 0.572. The molecule has 3 N–H and O–H groups in total. The summed E-state index contributed by atoms with van der Waals surface area (Å²) in [6.07, 6.45) is -0.261. The summed E-state index contributed by atoms with van der Waals surface area (Å²) in [6.45, 7) is 2.14. The lowest BCUT2D eigenvalue weighted by atomic mass is 10.0. The number of aliphatic carboxylic acids is 1. The molecule has 130 valence electrons. The van der Waals surface area contributed by atoms with Crippen LogP contribution >= 0.6 is 0 Å². The molecular formula is C16H20N2O6. The fourth-order valence-electron chi connectivity index (χ4n) is 1.99. The number of carboxylic acids is 1. The Morgan fingerprint density at radius 2 is 1.71 bits per heavy atom. The van der Waals surface area contributed by atoms with Gasteiger partial charge in [-0.15, -0.1) is 0 Å². The van der Waals surface area contributed by atoms with Gasteiger partial charge in [-0.05, 0) is 25.5 Å². The molecule has 0 unspecified atom stereocenters. The van der Waals surface area contributed by atoms with Crippen LogP contribution in [-0.4, -0.2) is 48.6 Å². The van der Waals surface area contributed by atoms with Crippen LogP contribution in [0, 0.1) is 0 Å². The number of ether oxygens (including phenoxy) is 1. The first-order valence-corrected chi connectivity index (χ1v) is 7.38. The minimum atomic E-state index is -1.28. The van der Waals surface area contributed by atoms with E-state index in [9.17, 15) is 24.3 Å². The van der Waals surface area contributed by atoms with Gasteiger partial charge in [-0.1, -0.05) is 12.1 Å². The molecule has 0 bridgehead atoms. The van der Waals surface area contributed by atoms with Crippen molar-refractivity contribution in [3.63, 3.8) is 0 Å². The Morgan fingerprint density at radius 1 is 1.12 bits per heavy atom. The number of hydrogen-bond donors (Lipinski definition) is 3. The number of amides is 2. The third-order valence-electron chi connectivity index (χ3n) is 3.22. The maximum atomic E-state index is 12.3. The van der Waals surface area contributed by atoms with Crippen LogP contribution in [0.3, 0.4) is 0 Å². The van der Waals surface area contributed by atoms with Crippen molar-refractivity contribution in [2.75, 3.05) is 13.7 Å². The van der Waals surface area contributed by atoms with Gasteiger partial charge >= 0.3 is 11.9 Å². The van der Waals surface area contributed by atoms with Crippen molar-refractivity contribution in [2.24, 2.45) is 0 Å². The average Bonchev–Trinajstić information content (AvgIpc) is 2.57. The van der Waals surface area contributed by atoms with E-state index in [4.69, 9.17) is 0 Å². The number of carbonyl (C=O) groups is 4. The molecule has 0 aromatic heterocycles. The van der Waals surface area contributed by atoms with E-state index in [0.29, 0.717) is 6.54 Å². The lowest BCUT2D eigenvalue weighted by Crippen LogP contribution is -2.42. The SMILES string of the molecule is CCNC(=O)c1ccccc1C(=O)N[C@@H](CCC(=O)OC)C(=O)O. The lowest BCUT2D eigenvalue weighted by Gasteiger charge is -2.15. The van der Waals surface area contributed by atoms with Gasteiger partial charge in [0.2, 0.25) is 0 Å². The Morgan fingerprint density at radius 3 is 2.21 bits per heavy atom. The van der Waals surface area contributed by atoms with Gasteiger partial charge in [0.05, 0.1) is 18.2 Å². The quantitative estimate of drug-likeness (QED) is 0.597. The van der Waals surface area contributed by atoms with Crippen molar-refractivity contribution in [2.45, 2.75) is 25.8 Å². The van der Waals surface area contributed by atoms with Crippen LogP contribution in [0.15, 0.2) is 24.3 Å². The molecule has 0 aliphatic heterocycles. The molecule has 1 aromatic rings. The number of carboxylic acid groups (broad SMARTS) is 1. The van der Waals surface area contributed by atoms with Crippen LogP contribution in [0.4, 0.5) is 0 Å². The molecule has 0 fully saturated rings. The number of esters is 1. The molecule has 0 aliphatic rings. The van der Waals surface area contributed by atoms with Crippen LogP contribution in [0.25, 0.3) is 0 Å². The molecule has 0 saturated heterocycles. The van der Waals surface area contributed by atoms with Gasteiger partial charge in [0.1, 0.15) is 6.04 Å². The second-order valence-corrected chi connectivity index (χ2v) is 4.88. The summed E-state index contributed by atoms with van der Waals surface area (Å²) >= 11 is 0. The molecule has 8 heteroatoms. The zero-order chi connectivity index (χ0) is 18.1. The Bertz CT molecular complexity index is 629. The van der Waals surface area contributed by atoms with Crippen molar-refractivity contribution >= 4 is 23.8 Å². The van der Waals surface area contributed by atoms with Gasteiger partial charge in [0, 0.05) is 13.0 Å². The maximum Gasteiger partial charge on any atom is 0.326 e. The van der Waals surface area contributed by atoms with E-state index in [0.717, 1.165) is 0 Å². The predicted molar refractivity (Wildman–Crippen MR) is 84.6 cm³/mol. The van der Waals surface area contributed by atoms with Crippen molar-refractivity contribution in [3.05, 3.63) is 35.4 Å². The highest BCUT2D eigenvalue weighted by atomic mass is 16.5. The maximum absolute atomic E-state index is 12.3. The molecule has 1 aromatic carbocycles. The summed E-state index contributed by atoms with van der Waals surface area (Å²) in [5, 5.41) is 14.1. The van der Waals surface area contributed by atoms with Crippen LogP contribution in [0.5, 0.6) is 0 Å². The first-order valence-electron chi connectivity index (χ1n) is 7.38. The van der Waals surface area contributed by atoms with Gasteiger partial charge < -0.3 is 20.5 Å². The highest BCUT2D eigenvalue weighted by Gasteiger charge is 2.24. The molecule has 24 heavy (non-hydrogen) atoms. The summed E-state index contributed by atoms with van der Waals surface area (Å²) < 4.78 is 4.45. The second kappa shape index (κ2) is 9.29. The normalized spacial score (nSPS) is 11.2. The summed E-state index contributed by atoms with van der Waals surface area (Å²) in [4.78, 5) is 46.7. The summed E-state index contributed by atoms with van der Waals surface area (Å²) in [7, 11) is 1.19. The zero-order valence-electron chi connectivity index (χ0n) is 13.5. The van der Waals surface area contributed by atoms with E-state index in [1.807, 2.05) is 0 Å². The molecule has 1 atom stereocenters. The van der Waals surface area contributed by atoms with Crippen LogP contribution < -0.4 is 10.6 Å². The number of benzene rings is 1. The standard InChI is InChI=1S/C16H20N2O6/c1-3-17-14(20)10-6-4-5-7-11(10)15(21)18-12(16(22)23)8-9-13(19)24-2/h4-7,12H,3,8-9H2,1-2H3,(H,17,20)(H,18,21)(H,22,23)/t12-/m0/s1. The zero-order valence-corrected chi connectivity index (χ0v) is 13.5. The van der Waals surface area contributed by atoms with E-state index < -0.39 is 29.8 Å². The van der Waals surface area contributed by atoms with Gasteiger partial charge in [-0.25, -0.2) is 4.79 Å². The first kappa shape index (κ1) is 19.1. The molecule has 1 rings (SSSR count). The Kier molecular flexibility index (Phi) is 7.41. The number of carbonyl (C=O) groups excluding carboxylic acids is 3. The van der Waals surface area contributed by atoms with Crippen molar-refractivity contribution < 1.29 is 29.0 Å². The van der Waals surface area contributed by atoms with Crippen molar-refractivity contribution in [1.82, 2.24) is 10.6 Å². The number of rotatable bonds is 8. The van der Waals surface area contributed by atoms with E-state index in [2.05, 4.69) is 15.4 Å². The second-order valence-electron chi connectivity index (χ2n) is 4.88. The van der Waals surface area contributed by atoms with E-state index in [1.54, 1.807) is 19.1 Å². The Labute approximate surface area is 139 Å². The first-order chi connectivity index (χ1) is 11.4. The highest BCUT2D eigenvalue weighted by Crippen LogP contribution is 2.10. The van der Waals surface area contributed by atoms with Gasteiger partial charge in [-0.3, -0.25) is 14.4 Å². The third kappa shape index (κ3) is 5.38. The molecule has 0 saturated carbocycles. The Balaban J connectivity index is 2.90. The van der Waals surface area contributed by atoms with Gasteiger partial charge in [0.25, 0.3) is 11.8 Å². The fraction of sp³-hybridized carbons (Fsp3) is 0.375. The molecule has 0 aliphatic carbocycles. The van der Waals surface area contributed by atoms with Crippen LogP contribution in [0.1, 0.15) is 40.5 Å². The summed E-state index contributed by atoms with van der Waals surface area (Å²) in [5.41, 5.74) is 0.210. The van der Waals surface area contributed by atoms with Crippen molar-refractivity contribution in [1.29, 1.82) is 0 Å².